The van der Waals surface area contributed by atoms with Crippen LogP contribution >= 0.6 is 11.6 Å². The minimum atomic E-state index is 0.688. The molecule has 0 amide bonds. The predicted octanol–water partition coefficient (Wildman–Crippen LogP) is 1.85. The summed E-state index contributed by atoms with van der Waals surface area (Å²) in [5.74, 6) is 1.86. The van der Waals surface area contributed by atoms with E-state index in [-0.39, 0.29) is 0 Å². The second-order valence-corrected chi connectivity index (χ2v) is 2.36. The van der Waals surface area contributed by atoms with Crippen LogP contribution in [-0.2, 0) is 0 Å². The molecule has 0 aliphatic carbocycles. The highest BCUT2D eigenvalue weighted by Gasteiger charge is 1.84. The van der Waals surface area contributed by atoms with Gasteiger partial charge in [-0.3, -0.25) is 5.26 Å². The minimum Gasteiger partial charge on any atom is -0.605 e. The number of hydrogen-bond acceptors (Lipinski definition) is 2. The van der Waals surface area contributed by atoms with Crippen LogP contribution in [0.15, 0.2) is 24.3 Å². The fraction of sp³-hybridized carbons (Fsp3) is 0. The Labute approximate surface area is 71.1 Å². The molecule has 1 aromatic carbocycles. The fourth-order valence-corrected chi connectivity index (χ4v) is 0.788. The van der Waals surface area contributed by atoms with Crippen LogP contribution in [0.25, 0.3) is 0 Å². The summed E-state index contributed by atoms with van der Waals surface area (Å²) < 4.78 is 0. The molecule has 0 aromatic heterocycles. The Morgan fingerprint density at radius 3 is 2.55 bits per heavy atom. The van der Waals surface area contributed by atoms with Gasteiger partial charge in [-0.25, -0.2) is 5.97 Å². The lowest BCUT2D eigenvalue weighted by atomic mass is 9.98. The van der Waals surface area contributed by atoms with Gasteiger partial charge in [0.25, 0.3) is 0 Å². The molecule has 0 unspecified atom stereocenters. The van der Waals surface area contributed by atoms with Crippen molar-refractivity contribution in [2.24, 2.45) is 0 Å². The van der Waals surface area contributed by atoms with E-state index in [1.54, 1.807) is 24.3 Å². The lowest BCUT2D eigenvalue weighted by Crippen LogP contribution is -2.02. The molecule has 2 radical (unpaired) electrons. The number of nitrogens with zero attached hydrogens (tertiary/aromatic N) is 1. The van der Waals surface area contributed by atoms with Crippen molar-refractivity contribution in [2.75, 3.05) is 5.23 Å². The molecule has 0 saturated heterocycles. The molecule has 0 atom stereocenters. The fourth-order valence-electron chi connectivity index (χ4n) is 0.662. The van der Waals surface area contributed by atoms with Crippen LogP contribution in [0.3, 0.4) is 0 Å². The van der Waals surface area contributed by atoms with Gasteiger partial charge in [0.15, 0.2) is 0 Å². The van der Waals surface area contributed by atoms with Gasteiger partial charge in [-0.2, -0.15) is 0 Å². The molecule has 0 aliphatic heterocycles. The van der Waals surface area contributed by atoms with Crippen molar-refractivity contribution >= 4 is 24.7 Å². The maximum atomic E-state index is 8.19. The van der Waals surface area contributed by atoms with E-state index >= 15 is 0 Å². The third-order valence-corrected chi connectivity index (χ3v) is 1.40. The summed E-state index contributed by atoms with van der Waals surface area (Å²) in [4.78, 5) is 0. The maximum absolute atomic E-state index is 8.19. The average Bonchev–Trinajstić information content (AvgIpc) is 2.04. The van der Waals surface area contributed by atoms with E-state index in [9.17, 15) is 0 Å². The number of nitriles is 1. The predicted molar refractivity (Wildman–Crippen MR) is 46.4 cm³/mol. The number of rotatable bonds is 2. The summed E-state index contributed by atoms with van der Waals surface area (Å²) in [5, 5.41) is 11.7. The average molecular weight is 163 g/mol. The molecular weight excluding hydrogens is 158 g/mol. The van der Waals surface area contributed by atoms with Gasteiger partial charge in [0, 0.05) is 5.02 Å². The van der Waals surface area contributed by atoms with Gasteiger partial charge in [-0.15, -0.1) is 0 Å². The van der Waals surface area contributed by atoms with Gasteiger partial charge in [-0.1, -0.05) is 19.0 Å². The van der Waals surface area contributed by atoms with Crippen LogP contribution < -0.4 is 5.23 Å². The zero-order chi connectivity index (χ0) is 8.10. The lowest BCUT2D eigenvalue weighted by Gasteiger charge is -2.11. The maximum Gasteiger partial charge on any atom is 0.0407 e. The molecule has 1 rings (SSSR count). The zero-order valence-corrected chi connectivity index (χ0v) is 6.47. The molecular formula is C7H5BClN2-. The normalized spacial score (nSPS) is 8.73. The molecule has 0 heterocycles. The first kappa shape index (κ1) is 7.97. The standard InChI is InChI=1S/C7H5BClN2/c9-6-1-3-7(4-2-6)11-8-5-10/h1-4,11H/q-1. The van der Waals surface area contributed by atoms with Crippen LogP contribution in [0, 0.1) is 11.2 Å². The molecule has 11 heavy (non-hydrogen) atoms. The molecule has 1 N–H and O–H groups in total. The number of halogens is 1. The largest absolute Gasteiger partial charge is 0.605 e. The Balaban J connectivity index is 2.60. The Kier molecular flexibility index (Phi) is 2.82. The first-order valence-electron chi connectivity index (χ1n) is 3.06. The Morgan fingerprint density at radius 2 is 2.00 bits per heavy atom. The summed E-state index contributed by atoms with van der Waals surface area (Å²) >= 11 is 5.64. The summed E-state index contributed by atoms with van der Waals surface area (Å²) in [6.45, 7) is 0. The van der Waals surface area contributed by atoms with Gasteiger partial charge in [0.05, 0.1) is 0 Å². The highest BCUT2D eigenvalue weighted by atomic mass is 35.5. The van der Waals surface area contributed by atoms with E-state index in [1.807, 2.05) is 5.97 Å². The third kappa shape index (κ3) is 2.52. The topological polar surface area (TPSA) is 35.8 Å². The van der Waals surface area contributed by atoms with Gasteiger partial charge in [0.1, 0.15) is 0 Å². The van der Waals surface area contributed by atoms with Crippen molar-refractivity contribution in [3.8, 4) is 5.97 Å². The SMILES string of the molecule is N#C[B-]Nc1ccc(Cl)cc1. The Morgan fingerprint density at radius 1 is 1.36 bits per heavy atom. The molecule has 0 bridgehead atoms. The van der Waals surface area contributed by atoms with Crippen LogP contribution in [-0.4, -0.2) is 7.41 Å². The van der Waals surface area contributed by atoms with Crippen LogP contribution in [0.5, 0.6) is 0 Å². The summed E-state index contributed by atoms with van der Waals surface area (Å²) in [6.07, 6.45) is 0. The van der Waals surface area contributed by atoms with Gasteiger partial charge >= 0.3 is 0 Å². The number of anilines is 1. The summed E-state index contributed by atoms with van der Waals surface area (Å²) in [6, 6.07) is 7.12. The Bertz CT molecular complexity index is 265. The molecule has 1 aromatic rings. The number of nitrogens with one attached hydrogen (secondary N) is 1. The highest BCUT2D eigenvalue weighted by molar-refractivity contribution is 6.49. The van der Waals surface area contributed by atoms with Crippen molar-refractivity contribution in [1.82, 2.24) is 0 Å². The quantitative estimate of drug-likeness (QED) is 0.676. The molecule has 0 aliphatic rings. The van der Waals surface area contributed by atoms with E-state index in [1.165, 1.54) is 7.41 Å². The van der Waals surface area contributed by atoms with Crippen molar-refractivity contribution in [3.05, 3.63) is 29.3 Å². The minimum absolute atomic E-state index is 0.688. The van der Waals surface area contributed by atoms with Crippen molar-refractivity contribution in [1.29, 1.82) is 5.26 Å². The molecule has 0 spiro atoms. The van der Waals surface area contributed by atoms with Gasteiger partial charge in [-0.05, 0) is 30.0 Å². The summed E-state index contributed by atoms with van der Waals surface area (Å²) in [5.41, 5.74) is 0.857. The first-order valence-corrected chi connectivity index (χ1v) is 3.44. The van der Waals surface area contributed by atoms with Crippen molar-refractivity contribution in [3.63, 3.8) is 0 Å². The smallest absolute Gasteiger partial charge is 0.0407 e. The van der Waals surface area contributed by atoms with E-state index in [0.29, 0.717) is 5.02 Å². The van der Waals surface area contributed by atoms with Crippen LogP contribution in [0.1, 0.15) is 0 Å². The number of hydrogen-bond donors (Lipinski definition) is 1. The zero-order valence-electron chi connectivity index (χ0n) is 5.71. The van der Waals surface area contributed by atoms with Crippen molar-refractivity contribution in [2.45, 2.75) is 0 Å². The van der Waals surface area contributed by atoms with Gasteiger partial charge < -0.3 is 5.23 Å². The summed E-state index contributed by atoms with van der Waals surface area (Å²) in [7, 11) is 1.31. The monoisotopic (exact) mass is 163 g/mol. The van der Waals surface area contributed by atoms with E-state index in [0.717, 1.165) is 5.69 Å². The highest BCUT2D eigenvalue weighted by Crippen LogP contribution is 2.12. The van der Waals surface area contributed by atoms with Crippen molar-refractivity contribution < 1.29 is 0 Å². The first-order chi connectivity index (χ1) is 5.33. The molecule has 0 saturated carbocycles. The Hall–Kier alpha value is -1.14. The van der Waals surface area contributed by atoms with Gasteiger partial charge in [0.2, 0.25) is 0 Å². The van der Waals surface area contributed by atoms with Crippen LogP contribution in [0.2, 0.25) is 5.02 Å². The molecule has 54 valence electrons. The second kappa shape index (κ2) is 3.90. The molecule has 4 heteroatoms. The third-order valence-electron chi connectivity index (χ3n) is 1.15. The molecule has 0 fully saturated rings. The second-order valence-electron chi connectivity index (χ2n) is 1.92. The van der Waals surface area contributed by atoms with Crippen LogP contribution in [0.4, 0.5) is 5.69 Å². The lowest BCUT2D eigenvalue weighted by molar-refractivity contribution is 1.56. The number of benzene rings is 1. The van der Waals surface area contributed by atoms with E-state index in [2.05, 4.69) is 5.23 Å². The van der Waals surface area contributed by atoms with E-state index < -0.39 is 0 Å². The van der Waals surface area contributed by atoms with E-state index in [4.69, 9.17) is 16.9 Å². The molecule has 2 nitrogen and oxygen atoms in total.